The maximum absolute atomic E-state index is 13.3. The summed E-state index contributed by atoms with van der Waals surface area (Å²) in [6, 6.07) is 5.78. The van der Waals surface area contributed by atoms with Crippen LogP contribution in [0.1, 0.15) is 16.2 Å². The van der Waals surface area contributed by atoms with Gasteiger partial charge in [0.15, 0.2) is 5.82 Å². The van der Waals surface area contributed by atoms with Crippen molar-refractivity contribution in [2.24, 2.45) is 7.05 Å². The van der Waals surface area contributed by atoms with E-state index in [1.54, 1.807) is 13.1 Å². The Balaban J connectivity index is 2.04. The molecule has 88 valence electrons. The second-order valence-corrected chi connectivity index (χ2v) is 3.38. The number of carbonyl (C=O) groups excluding carboxylic acids is 1. The van der Waals surface area contributed by atoms with Gasteiger partial charge < -0.3 is 5.32 Å². The van der Waals surface area contributed by atoms with Crippen molar-refractivity contribution in [2.75, 3.05) is 0 Å². The fraction of sp³-hybridized carbons (Fsp3) is 0.200. The molecule has 2 aromatic rings. The van der Waals surface area contributed by atoms with Gasteiger partial charge in [0, 0.05) is 7.05 Å². The summed E-state index contributed by atoms with van der Waals surface area (Å²) >= 11 is 0. The zero-order valence-corrected chi connectivity index (χ0v) is 9.09. The average molecular weight is 235 g/mol. The Labute approximate surface area is 96.4 Å². The number of halogens is 1. The van der Waals surface area contributed by atoms with Gasteiger partial charge in [0.2, 0.25) is 0 Å². The number of hydrogen-bond acceptors (Lipinski definition) is 4. The fourth-order valence-electron chi connectivity index (χ4n) is 1.30. The first-order valence-corrected chi connectivity index (χ1v) is 4.92. The van der Waals surface area contributed by atoms with Crippen LogP contribution in [0.3, 0.4) is 0 Å². The van der Waals surface area contributed by atoms with Crippen molar-refractivity contribution in [3.05, 3.63) is 41.5 Å². The minimum Gasteiger partial charge on any atom is -0.345 e. The Morgan fingerprint density at radius 1 is 1.47 bits per heavy atom. The standard InChI is InChI=1S/C10H10FN5O/c1-16-9(13-14-15-16)6-12-10(17)7-4-2-3-5-8(7)11/h2-5H,6H2,1H3,(H,12,17). The molecule has 6 nitrogen and oxygen atoms in total. The minimum atomic E-state index is -0.555. The van der Waals surface area contributed by atoms with Gasteiger partial charge in [0.05, 0.1) is 12.1 Å². The van der Waals surface area contributed by atoms with E-state index in [4.69, 9.17) is 0 Å². The van der Waals surface area contributed by atoms with Crippen LogP contribution in [0.2, 0.25) is 0 Å². The van der Waals surface area contributed by atoms with Gasteiger partial charge in [-0.25, -0.2) is 9.07 Å². The van der Waals surface area contributed by atoms with Gasteiger partial charge in [-0.3, -0.25) is 4.79 Å². The molecule has 0 saturated heterocycles. The molecular formula is C10H10FN5O. The van der Waals surface area contributed by atoms with Crippen molar-refractivity contribution >= 4 is 5.91 Å². The summed E-state index contributed by atoms with van der Waals surface area (Å²) < 4.78 is 14.7. The van der Waals surface area contributed by atoms with E-state index >= 15 is 0 Å². The number of aromatic nitrogens is 4. The molecular weight excluding hydrogens is 225 g/mol. The number of nitrogens with one attached hydrogen (secondary N) is 1. The van der Waals surface area contributed by atoms with Crippen molar-refractivity contribution in [3.8, 4) is 0 Å². The van der Waals surface area contributed by atoms with Gasteiger partial charge in [0.25, 0.3) is 5.91 Å². The normalized spacial score (nSPS) is 10.2. The molecule has 0 bridgehead atoms. The third-order valence-electron chi connectivity index (χ3n) is 2.23. The van der Waals surface area contributed by atoms with Crippen molar-refractivity contribution in [1.29, 1.82) is 0 Å². The summed E-state index contributed by atoms with van der Waals surface area (Å²) in [5.74, 6) is -0.554. The van der Waals surface area contributed by atoms with Crippen molar-refractivity contribution in [2.45, 2.75) is 6.54 Å². The topological polar surface area (TPSA) is 72.7 Å². The van der Waals surface area contributed by atoms with Crippen LogP contribution in [0.5, 0.6) is 0 Å². The predicted octanol–water partition coefficient (Wildman–Crippen LogP) is 0.279. The number of nitrogens with zero attached hydrogens (tertiary/aromatic N) is 4. The molecule has 0 aliphatic carbocycles. The molecule has 0 saturated carbocycles. The summed E-state index contributed by atoms with van der Waals surface area (Å²) in [4.78, 5) is 11.6. The number of carbonyl (C=O) groups is 1. The van der Waals surface area contributed by atoms with E-state index in [-0.39, 0.29) is 12.1 Å². The molecule has 0 fully saturated rings. The second kappa shape index (κ2) is 4.69. The van der Waals surface area contributed by atoms with E-state index in [0.717, 1.165) is 0 Å². The summed E-state index contributed by atoms with van der Waals surface area (Å²) in [7, 11) is 1.66. The lowest BCUT2D eigenvalue weighted by Gasteiger charge is -2.04. The van der Waals surface area contributed by atoms with E-state index in [2.05, 4.69) is 20.8 Å². The lowest BCUT2D eigenvalue weighted by atomic mass is 10.2. The van der Waals surface area contributed by atoms with E-state index < -0.39 is 11.7 Å². The van der Waals surface area contributed by atoms with Crippen LogP contribution in [0.4, 0.5) is 4.39 Å². The van der Waals surface area contributed by atoms with Crippen molar-refractivity contribution in [1.82, 2.24) is 25.5 Å². The van der Waals surface area contributed by atoms with Crippen LogP contribution in [0.15, 0.2) is 24.3 Å². The third kappa shape index (κ3) is 2.44. The Hall–Kier alpha value is -2.31. The van der Waals surface area contributed by atoms with Gasteiger partial charge in [-0.2, -0.15) is 0 Å². The Kier molecular flexibility index (Phi) is 3.08. The van der Waals surface area contributed by atoms with Gasteiger partial charge >= 0.3 is 0 Å². The maximum atomic E-state index is 13.3. The van der Waals surface area contributed by atoms with Crippen LogP contribution in [-0.2, 0) is 13.6 Å². The molecule has 7 heteroatoms. The average Bonchev–Trinajstić information content (AvgIpc) is 2.72. The van der Waals surface area contributed by atoms with Crippen molar-refractivity contribution in [3.63, 3.8) is 0 Å². The fourth-order valence-corrected chi connectivity index (χ4v) is 1.30. The smallest absolute Gasteiger partial charge is 0.254 e. The van der Waals surface area contributed by atoms with Crippen LogP contribution < -0.4 is 5.32 Å². The summed E-state index contributed by atoms with van der Waals surface area (Å²) in [6.45, 7) is 0.149. The number of tetrazole rings is 1. The molecule has 17 heavy (non-hydrogen) atoms. The second-order valence-electron chi connectivity index (χ2n) is 3.38. The minimum absolute atomic E-state index is 0.00243. The van der Waals surface area contributed by atoms with Gasteiger partial charge in [-0.1, -0.05) is 12.1 Å². The predicted molar refractivity (Wildman–Crippen MR) is 56.4 cm³/mol. The van der Waals surface area contributed by atoms with Crippen LogP contribution >= 0.6 is 0 Å². The third-order valence-corrected chi connectivity index (χ3v) is 2.23. The molecule has 1 heterocycles. The number of rotatable bonds is 3. The summed E-state index contributed by atoms with van der Waals surface area (Å²) in [5, 5.41) is 13.3. The molecule has 0 radical (unpaired) electrons. The van der Waals surface area contributed by atoms with E-state index in [9.17, 15) is 9.18 Å². The van der Waals surface area contributed by atoms with E-state index in [1.165, 1.54) is 22.9 Å². The molecule has 1 amide bonds. The number of benzene rings is 1. The molecule has 1 aromatic heterocycles. The highest BCUT2D eigenvalue weighted by atomic mass is 19.1. The lowest BCUT2D eigenvalue weighted by Crippen LogP contribution is -2.25. The largest absolute Gasteiger partial charge is 0.345 e. The molecule has 0 aliphatic rings. The van der Waals surface area contributed by atoms with Crippen molar-refractivity contribution < 1.29 is 9.18 Å². The summed E-state index contributed by atoms with van der Waals surface area (Å²) in [5.41, 5.74) is 0.00243. The molecule has 2 rings (SSSR count). The van der Waals surface area contributed by atoms with E-state index in [0.29, 0.717) is 5.82 Å². The highest BCUT2D eigenvalue weighted by molar-refractivity contribution is 5.94. The maximum Gasteiger partial charge on any atom is 0.254 e. The first kappa shape index (κ1) is 11.2. The summed E-state index contributed by atoms with van der Waals surface area (Å²) in [6.07, 6.45) is 0. The molecule has 0 spiro atoms. The Morgan fingerprint density at radius 2 is 2.24 bits per heavy atom. The van der Waals surface area contributed by atoms with Gasteiger partial charge in [-0.15, -0.1) is 5.10 Å². The lowest BCUT2D eigenvalue weighted by molar-refractivity contribution is 0.0945. The molecule has 0 aliphatic heterocycles. The quantitative estimate of drug-likeness (QED) is 0.829. The zero-order chi connectivity index (χ0) is 12.3. The zero-order valence-electron chi connectivity index (χ0n) is 9.09. The molecule has 0 atom stereocenters. The number of amides is 1. The van der Waals surface area contributed by atoms with Crippen LogP contribution in [0.25, 0.3) is 0 Å². The van der Waals surface area contributed by atoms with E-state index in [1.807, 2.05) is 0 Å². The van der Waals surface area contributed by atoms with Gasteiger partial charge in [-0.05, 0) is 22.6 Å². The van der Waals surface area contributed by atoms with Crippen LogP contribution in [0, 0.1) is 5.82 Å². The Bertz CT molecular complexity index is 539. The monoisotopic (exact) mass is 235 g/mol. The molecule has 0 unspecified atom stereocenters. The number of aryl methyl sites for hydroxylation is 1. The van der Waals surface area contributed by atoms with Crippen LogP contribution in [-0.4, -0.2) is 26.1 Å². The first-order chi connectivity index (χ1) is 8.18. The SMILES string of the molecule is Cn1nnnc1CNC(=O)c1ccccc1F. The number of hydrogen-bond donors (Lipinski definition) is 1. The highest BCUT2D eigenvalue weighted by Gasteiger charge is 2.11. The first-order valence-electron chi connectivity index (χ1n) is 4.92. The Morgan fingerprint density at radius 3 is 2.88 bits per heavy atom. The molecule has 1 aromatic carbocycles. The van der Waals surface area contributed by atoms with Gasteiger partial charge in [0.1, 0.15) is 5.82 Å². The molecule has 1 N–H and O–H groups in total. The highest BCUT2D eigenvalue weighted by Crippen LogP contribution is 2.05.